The van der Waals surface area contributed by atoms with Gasteiger partial charge in [0.25, 0.3) is 0 Å². The molecule has 0 radical (unpaired) electrons. The van der Waals surface area contributed by atoms with Gasteiger partial charge in [-0.3, -0.25) is 9.80 Å². The minimum atomic E-state index is -0.0344. The molecular formula is C48H34N4O5S2. The van der Waals surface area contributed by atoms with E-state index >= 15 is 0 Å². The van der Waals surface area contributed by atoms with E-state index < -0.39 is 0 Å². The molecule has 0 aliphatic carbocycles. The Morgan fingerprint density at radius 1 is 0.475 bits per heavy atom. The molecule has 5 heterocycles. The molecule has 59 heavy (non-hydrogen) atoms. The van der Waals surface area contributed by atoms with Crippen molar-refractivity contribution in [1.29, 1.82) is 10.5 Å². The van der Waals surface area contributed by atoms with Crippen molar-refractivity contribution in [1.82, 2.24) is 0 Å². The van der Waals surface area contributed by atoms with E-state index in [0.29, 0.717) is 66.5 Å². The quantitative estimate of drug-likeness (QED) is 0.125. The van der Waals surface area contributed by atoms with Crippen LogP contribution in [0.1, 0.15) is 9.75 Å². The SMILES string of the molecule is N#CC(C#N)=C1C=C(/C=C/c2sc(N(c3ccccc3)c3ccccc3)c3c2OCCO3)OC(/C=C/c2sc(N(c3ccccc3)c3ccccc3)c3c2OCCO3)=C1. The summed E-state index contributed by atoms with van der Waals surface area (Å²) in [4.78, 5) is 5.97. The molecule has 0 N–H and O–H groups in total. The van der Waals surface area contributed by atoms with Crippen molar-refractivity contribution >= 4 is 67.6 Å². The highest BCUT2D eigenvalue weighted by Gasteiger charge is 2.30. The molecule has 11 heteroatoms. The van der Waals surface area contributed by atoms with Crippen molar-refractivity contribution in [2.24, 2.45) is 0 Å². The van der Waals surface area contributed by atoms with E-state index in [2.05, 4.69) is 58.3 Å². The third-order valence-corrected chi connectivity index (χ3v) is 11.6. The Hall–Kier alpha value is -7.44. The van der Waals surface area contributed by atoms with Gasteiger partial charge in [-0.05, 0) is 85.0 Å². The van der Waals surface area contributed by atoms with Crippen LogP contribution in [0.15, 0.2) is 168 Å². The fourth-order valence-corrected chi connectivity index (χ4v) is 9.10. The first-order valence-corrected chi connectivity index (χ1v) is 20.5. The number of nitriles is 2. The maximum Gasteiger partial charge on any atom is 0.197 e. The van der Waals surface area contributed by atoms with Gasteiger partial charge in [-0.15, -0.1) is 22.7 Å². The molecule has 9 nitrogen and oxygen atoms in total. The van der Waals surface area contributed by atoms with Crippen molar-refractivity contribution in [3.63, 3.8) is 0 Å². The lowest BCUT2D eigenvalue weighted by Crippen LogP contribution is -2.17. The maximum atomic E-state index is 9.88. The fraction of sp³-hybridized carbons (Fsp3) is 0.0833. The van der Waals surface area contributed by atoms with Gasteiger partial charge in [0.1, 0.15) is 65.7 Å². The zero-order valence-electron chi connectivity index (χ0n) is 31.5. The molecule has 0 unspecified atom stereocenters. The first-order chi connectivity index (χ1) is 29.2. The van der Waals surface area contributed by atoms with Crippen LogP contribution < -0.4 is 28.7 Å². The second-order valence-corrected chi connectivity index (χ2v) is 15.2. The largest absolute Gasteiger partial charge is 0.485 e. The van der Waals surface area contributed by atoms with E-state index in [9.17, 15) is 10.5 Å². The summed E-state index contributed by atoms with van der Waals surface area (Å²) in [6.45, 7) is 1.67. The number of hydrogen-bond acceptors (Lipinski definition) is 11. The average Bonchev–Trinajstić information content (AvgIpc) is 3.85. The summed E-state index contributed by atoms with van der Waals surface area (Å²) in [7, 11) is 0. The molecule has 0 atom stereocenters. The second-order valence-electron chi connectivity index (χ2n) is 13.2. The highest BCUT2D eigenvalue weighted by atomic mass is 32.1. The van der Waals surface area contributed by atoms with Gasteiger partial charge in [-0.2, -0.15) is 10.5 Å². The van der Waals surface area contributed by atoms with Crippen molar-refractivity contribution in [2.45, 2.75) is 0 Å². The Bertz CT molecular complexity index is 2460. The lowest BCUT2D eigenvalue weighted by atomic mass is 10.1. The predicted molar refractivity (Wildman–Crippen MR) is 234 cm³/mol. The van der Waals surface area contributed by atoms with Gasteiger partial charge in [0.05, 0.1) is 9.75 Å². The van der Waals surface area contributed by atoms with E-state index in [1.165, 1.54) is 22.7 Å². The lowest BCUT2D eigenvalue weighted by Gasteiger charge is -2.26. The summed E-state index contributed by atoms with van der Waals surface area (Å²) in [5.41, 5.74) is 4.31. The number of allylic oxidation sites excluding steroid dienone is 6. The van der Waals surface area contributed by atoms with Crippen LogP contribution >= 0.6 is 22.7 Å². The number of rotatable bonds is 10. The van der Waals surface area contributed by atoms with E-state index in [4.69, 9.17) is 23.7 Å². The summed E-state index contributed by atoms with van der Waals surface area (Å²) >= 11 is 3.07. The van der Waals surface area contributed by atoms with Crippen LogP contribution in [0, 0.1) is 22.7 Å². The van der Waals surface area contributed by atoms with Crippen LogP contribution in [0.3, 0.4) is 0 Å². The fourth-order valence-electron chi connectivity index (χ4n) is 6.83. The first kappa shape index (κ1) is 37.2. The Balaban J connectivity index is 1.06. The number of ether oxygens (including phenoxy) is 5. The molecule has 0 fully saturated rings. The molecule has 9 rings (SSSR count). The van der Waals surface area contributed by atoms with E-state index in [1.807, 2.05) is 109 Å². The standard InChI is InChI=1S/C48H34N4O5S2/c49-31-34(32-50)33-29-39(21-23-41-43-45(55-27-25-53-43)47(58-41)51(35-13-5-1-6-14-35)36-15-7-2-8-16-36)57-40(30-33)22-24-42-44-46(56-28-26-54-44)48(59-42)52(37-17-9-3-10-18-37)38-19-11-4-12-20-38/h1-24,29-30H,25-28H2/b23-21+,24-22+. The Morgan fingerprint density at radius 3 is 1.15 bits per heavy atom. The highest BCUT2D eigenvalue weighted by Crippen LogP contribution is 2.55. The van der Waals surface area contributed by atoms with Crippen molar-refractivity contribution in [2.75, 3.05) is 36.2 Å². The van der Waals surface area contributed by atoms with Crippen LogP contribution in [-0.2, 0) is 4.74 Å². The van der Waals surface area contributed by atoms with Crippen molar-refractivity contribution < 1.29 is 23.7 Å². The lowest BCUT2D eigenvalue weighted by molar-refractivity contribution is 0.174. The molecule has 3 aliphatic heterocycles. The van der Waals surface area contributed by atoms with Gasteiger partial charge in [0.15, 0.2) is 23.0 Å². The summed E-state index contributed by atoms with van der Waals surface area (Å²) in [6, 6.07) is 44.6. The number of fused-ring (bicyclic) bond motifs is 2. The van der Waals surface area contributed by atoms with Crippen molar-refractivity contribution in [3.05, 3.63) is 178 Å². The zero-order valence-corrected chi connectivity index (χ0v) is 33.1. The number of hydrogen-bond donors (Lipinski definition) is 0. The molecule has 2 aromatic heterocycles. The van der Waals surface area contributed by atoms with Crippen molar-refractivity contribution in [3.8, 4) is 35.1 Å². The van der Waals surface area contributed by atoms with Crippen LogP contribution in [0.5, 0.6) is 23.0 Å². The van der Waals surface area contributed by atoms with Gasteiger partial charge >= 0.3 is 0 Å². The molecular weight excluding hydrogens is 777 g/mol. The summed E-state index contributed by atoms with van der Waals surface area (Å²) in [5, 5.41) is 21.5. The number of para-hydroxylation sites is 4. The van der Waals surface area contributed by atoms with Crippen LogP contribution in [0.2, 0.25) is 0 Å². The molecule has 3 aliphatic rings. The van der Waals surface area contributed by atoms with Gasteiger partial charge < -0.3 is 23.7 Å². The summed E-state index contributed by atoms with van der Waals surface area (Å²) < 4.78 is 31.4. The Kier molecular flexibility index (Phi) is 10.7. The molecule has 0 saturated heterocycles. The van der Waals surface area contributed by atoms with E-state index in [0.717, 1.165) is 42.5 Å². The third-order valence-electron chi connectivity index (χ3n) is 9.42. The molecule has 0 amide bonds. The van der Waals surface area contributed by atoms with Gasteiger partial charge in [0, 0.05) is 28.3 Å². The molecule has 0 spiro atoms. The Morgan fingerprint density at radius 2 is 0.814 bits per heavy atom. The summed E-state index contributed by atoms with van der Waals surface area (Å²) in [6.07, 6.45) is 10.8. The van der Waals surface area contributed by atoms with Crippen LogP contribution in [0.4, 0.5) is 32.8 Å². The van der Waals surface area contributed by atoms with E-state index in [1.54, 1.807) is 12.2 Å². The summed E-state index contributed by atoms with van der Waals surface area (Å²) in [5.74, 6) is 3.47. The maximum absolute atomic E-state index is 9.88. The second kappa shape index (κ2) is 17.0. The molecule has 0 saturated carbocycles. The number of thiophene rings is 2. The monoisotopic (exact) mass is 810 g/mol. The molecule has 0 bridgehead atoms. The highest BCUT2D eigenvalue weighted by molar-refractivity contribution is 7.18. The van der Waals surface area contributed by atoms with Crippen LogP contribution in [0.25, 0.3) is 12.2 Å². The number of anilines is 6. The normalized spacial score (nSPS) is 14.2. The zero-order chi connectivity index (χ0) is 40.0. The minimum absolute atomic E-state index is 0.0344. The molecule has 288 valence electrons. The topological polar surface area (TPSA) is 100 Å². The molecule has 4 aromatic carbocycles. The average molecular weight is 811 g/mol. The smallest absolute Gasteiger partial charge is 0.197 e. The van der Waals surface area contributed by atoms with E-state index in [-0.39, 0.29) is 5.57 Å². The van der Waals surface area contributed by atoms with Gasteiger partial charge in [0.2, 0.25) is 0 Å². The van der Waals surface area contributed by atoms with Gasteiger partial charge in [-0.25, -0.2) is 0 Å². The Labute approximate surface area is 349 Å². The number of nitrogens with zero attached hydrogens (tertiary/aromatic N) is 4. The first-order valence-electron chi connectivity index (χ1n) is 18.9. The minimum Gasteiger partial charge on any atom is -0.485 e. The van der Waals surface area contributed by atoms with Gasteiger partial charge in [-0.1, -0.05) is 72.8 Å². The molecule has 6 aromatic rings. The van der Waals surface area contributed by atoms with Crippen LogP contribution in [-0.4, -0.2) is 26.4 Å². The predicted octanol–water partition coefficient (Wildman–Crippen LogP) is 12.2. The third kappa shape index (κ3) is 7.68. The number of benzene rings is 4.